The lowest BCUT2D eigenvalue weighted by Gasteiger charge is -2.18. The quantitative estimate of drug-likeness (QED) is 0.861. The summed E-state index contributed by atoms with van der Waals surface area (Å²) < 4.78 is 17.9. The topological polar surface area (TPSA) is 49.8 Å². The second kappa shape index (κ2) is 4.71. The van der Waals surface area contributed by atoms with Crippen molar-refractivity contribution in [1.82, 2.24) is 4.90 Å². The summed E-state index contributed by atoms with van der Waals surface area (Å²) in [4.78, 5) is 12.7. The van der Waals surface area contributed by atoms with Crippen LogP contribution in [0.3, 0.4) is 0 Å². The van der Waals surface area contributed by atoms with Crippen LogP contribution in [0.4, 0.5) is 9.18 Å². The van der Waals surface area contributed by atoms with Crippen LogP contribution < -0.4 is 0 Å². The number of aliphatic hydroxyl groups is 1. The fourth-order valence-electron chi connectivity index (χ4n) is 1.95. The first-order chi connectivity index (χ1) is 8.11. The van der Waals surface area contributed by atoms with Crippen molar-refractivity contribution in [3.8, 4) is 0 Å². The number of carbonyl (C=O) groups is 1. The Morgan fingerprint density at radius 3 is 2.65 bits per heavy atom. The van der Waals surface area contributed by atoms with Gasteiger partial charge in [0.2, 0.25) is 0 Å². The average Bonchev–Trinajstić information content (AvgIpc) is 2.58. The molecule has 0 aromatic heterocycles. The number of halogens is 1. The molecular formula is C12H14FNO3. The molecule has 1 amide bonds. The summed E-state index contributed by atoms with van der Waals surface area (Å²) in [5, 5.41) is 9.21. The second-order valence-electron chi connectivity index (χ2n) is 4.11. The lowest BCUT2D eigenvalue weighted by atomic mass is 10.0. The second-order valence-corrected chi connectivity index (χ2v) is 4.11. The molecule has 1 N–H and O–H groups in total. The predicted octanol–water partition coefficient (Wildman–Crippen LogP) is 1.18. The van der Waals surface area contributed by atoms with Gasteiger partial charge in [0.25, 0.3) is 0 Å². The maximum Gasteiger partial charge on any atom is 0.410 e. The van der Waals surface area contributed by atoms with Crippen molar-refractivity contribution in [2.75, 3.05) is 13.7 Å². The zero-order valence-corrected chi connectivity index (χ0v) is 9.47. The van der Waals surface area contributed by atoms with Gasteiger partial charge >= 0.3 is 6.09 Å². The minimum atomic E-state index is -0.434. The summed E-state index contributed by atoms with van der Waals surface area (Å²) in [5.74, 6) is -0.298. The van der Waals surface area contributed by atoms with E-state index in [1.807, 2.05) is 0 Å². The molecule has 0 aliphatic carbocycles. The zero-order valence-electron chi connectivity index (χ0n) is 9.47. The van der Waals surface area contributed by atoms with Gasteiger partial charge in [-0.05, 0) is 17.7 Å². The third-order valence-electron chi connectivity index (χ3n) is 3.00. The molecule has 1 aromatic carbocycles. The SMILES string of the molecule is CN1C(=O)OC(Cc2ccc(F)cc2)C1CO. The van der Waals surface area contributed by atoms with E-state index in [1.165, 1.54) is 17.0 Å². The van der Waals surface area contributed by atoms with E-state index in [0.717, 1.165) is 5.56 Å². The number of ether oxygens (including phenoxy) is 1. The first-order valence-electron chi connectivity index (χ1n) is 5.40. The van der Waals surface area contributed by atoms with Crippen molar-refractivity contribution in [1.29, 1.82) is 0 Å². The van der Waals surface area contributed by atoms with Crippen LogP contribution in [0.1, 0.15) is 5.56 Å². The molecule has 0 saturated carbocycles. The Morgan fingerprint density at radius 2 is 2.06 bits per heavy atom. The number of aliphatic hydroxyl groups excluding tert-OH is 1. The van der Waals surface area contributed by atoms with Crippen molar-refractivity contribution in [2.24, 2.45) is 0 Å². The normalized spacial score (nSPS) is 23.9. The Hall–Kier alpha value is -1.62. The highest BCUT2D eigenvalue weighted by molar-refractivity contribution is 5.70. The van der Waals surface area contributed by atoms with E-state index in [2.05, 4.69) is 0 Å². The summed E-state index contributed by atoms with van der Waals surface area (Å²) in [7, 11) is 1.59. The predicted molar refractivity (Wildman–Crippen MR) is 59.0 cm³/mol. The number of likely N-dealkylation sites (N-methyl/N-ethyl adjacent to an activating group) is 1. The van der Waals surface area contributed by atoms with Gasteiger partial charge in [-0.25, -0.2) is 9.18 Å². The molecule has 1 aliphatic rings. The Labute approximate surface area is 98.6 Å². The number of hydrogen-bond donors (Lipinski definition) is 1. The molecular weight excluding hydrogens is 225 g/mol. The fourth-order valence-corrected chi connectivity index (χ4v) is 1.95. The Morgan fingerprint density at radius 1 is 1.41 bits per heavy atom. The molecule has 2 unspecified atom stereocenters. The highest BCUT2D eigenvalue weighted by atomic mass is 19.1. The van der Waals surface area contributed by atoms with Crippen LogP contribution in [-0.2, 0) is 11.2 Å². The largest absolute Gasteiger partial charge is 0.443 e. The standard InChI is InChI=1S/C12H14FNO3/c1-14-10(7-15)11(17-12(14)16)6-8-2-4-9(13)5-3-8/h2-5,10-11,15H,6-7H2,1H3. The van der Waals surface area contributed by atoms with Crippen LogP contribution in [-0.4, -0.2) is 41.9 Å². The lowest BCUT2D eigenvalue weighted by molar-refractivity contribution is 0.118. The molecule has 2 atom stereocenters. The average molecular weight is 239 g/mol. The first-order valence-corrected chi connectivity index (χ1v) is 5.40. The van der Waals surface area contributed by atoms with Crippen molar-refractivity contribution < 1.29 is 19.0 Å². The Bertz CT molecular complexity index is 407. The maximum atomic E-state index is 12.7. The van der Waals surface area contributed by atoms with Gasteiger partial charge in [0.1, 0.15) is 11.9 Å². The summed E-state index contributed by atoms with van der Waals surface area (Å²) in [5.41, 5.74) is 0.873. The molecule has 1 aromatic rings. The molecule has 17 heavy (non-hydrogen) atoms. The van der Waals surface area contributed by atoms with Gasteiger partial charge in [0.05, 0.1) is 12.6 Å². The molecule has 2 rings (SSSR count). The highest BCUT2D eigenvalue weighted by Crippen LogP contribution is 2.21. The van der Waals surface area contributed by atoms with Crippen molar-refractivity contribution in [3.63, 3.8) is 0 Å². The van der Waals surface area contributed by atoms with E-state index < -0.39 is 6.09 Å². The van der Waals surface area contributed by atoms with Gasteiger partial charge in [-0.2, -0.15) is 0 Å². The molecule has 4 nitrogen and oxygen atoms in total. The van der Waals surface area contributed by atoms with E-state index >= 15 is 0 Å². The van der Waals surface area contributed by atoms with E-state index in [4.69, 9.17) is 4.74 Å². The van der Waals surface area contributed by atoms with E-state index in [9.17, 15) is 14.3 Å². The number of amides is 1. The minimum absolute atomic E-state index is 0.145. The molecule has 0 bridgehead atoms. The third kappa shape index (κ3) is 2.39. The first kappa shape index (κ1) is 11.9. The number of carbonyl (C=O) groups excluding carboxylic acids is 1. The molecule has 0 radical (unpaired) electrons. The summed E-state index contributed by atoms with van der Waals surface area (Å²) in [6.07, 6.45) is -0.346. The minimum Gasteiger partial charge on any atom is -0.443 e. The van der Waals surface area contributed by atoms with Gasteiger partial charge in [-0.15, -0.1) is 0 Å². The Kier molecular flexibility index (Phi) is 3.28. The van der Waals surface area contributed by atoms with Crippen LogP contribution >= 0.6 is 0 Å². The lowest BCUT2D eigenvalue weighted by Crippen LogP contribution is -2.37. The summed E-state index contributed by atoms with van der Waals surface area (Å²) in [6, 6.07) is 5.69. The van der Waals surface area contributed by atoms with Crippen LogP contribution in [0.2, 0.25) is 0 Å². The number of hydrogen-bond acceptors (Lipinski definition) is 3. The third-order valence-corrected chi connectivity index (χ3v) is 3.00. The smallest absolute Gasteiger partial charge is 0.410 e. The van der Waals surface area contributed by atoms with Crippen LogP contribution in [0.25, 0.3) is 0 Å². The van der Waals surface area contributed by atoms with Crippen molar-refractivity contribution in [2.45, 2.75) is 18.6 Å². The molecule has 1 saturated heterocycles. The van der Waals surface area contributed by atoms with E-state index in [0.29, 0.717) is 6.42 Å². The molecule has 5 heteroatoms. The molecule has 92 valence electrons. The van der Waals surface area contributed by atoms with Gasteiger partial charge < -0.3 is 14.7 Å². The van der Waals surface area contributed by atoms with Gasteiger partial charge in [0.15, 0.2) is 0 Å². The Balaban J connectivity index is 2.08. The van der Waals surface area contributed by atoms with Crippen molar-refractivity contribution >= 4 is 6.09 Å². The molecule has 1 aliphatic heterocycles. The molecule has 1 fully saturated rings. The zero-order chi connectivity index (χ0) is 12.4. The van der Waals surface area contributed by atoms with Gasteiger partial charge in [-0.1, -0.05) is 12.1 Å². The van der Waals surface area contributed by atoms with Crippen LogP contribution in [0.5, 0.6) is 0 Å². The number of rotatable bonds is 3. The van der Waals surface area contributed by atoms with Gasteiger partial charge in [-0.3, -0.25) is 0 Å². The van der Waals surface area contributed by atoms with E-state index in [1.54, 1.807) is 19.2 Å². The fraction of sp³-hybridized carbons (Fsp3) is 0.417. The van der Waals surface area contributed by atoms with Crippen LogP contribution in [0, 0.1) is 5.82 Å². The monoisotopic (exact) mass is 239 g/mol. The summed E-state index contributed by atoms with van der Waals surface area (Å²) >= 11 is 0. The summed E-state index contributed by atoms with van der Waals surface area (Å²) in [6.45, 7) is -0.145. The number of cyclic esters (lactones) is 1. The van der Waals surface area contributed by atoms with Crippen molar-refractivity contribution in [3.05, 3.63) is 35.6 Å². The van der Waals surface area contributed by atoms with Gasteiger partial charge in [0, 0.05) is 13.5 Å². The van der Waals surface area contributed by atoms with Crippen LogP contribution in [0.15, 0.2) is 24.3 Å². The number of benzene rings is 1. The highest BCUT2D eigenvalue weighted by Gasteiger charge is 2.38. The molecule has 1 heterocycles. The number of nitrogens with zero attached hydrogens (tertiary/aromatic N) is 1. The molecule has 0 spiro atoms. The van der Waals surface area contributed by atoms with E-state index in [-0.39, 0.29) is 24.6 Å². The maximum absolute atomic E-state index is 12.7.